The maximum absolute atomic E-state index is 12.6. The molecule has 4 heteroatoms. The molecule has 1 N–H and O–H groups in total. The van der Waals surface area contributed by atoms with E-state index in [1.54, 1.807) is 0 Å². The highest BCUT2D eigenvalue weighted by Gasteiger charge is 2.31. The summed E-state index contributed by atoms with van der Waals surface area (Å²) in [5.74, 6) is -0.0179. The van der Waals surface area contributed by atoms with Gasteiger partial charge in [0.05, 0.1) is 17.7 Å². The van der Waals surface area contributed by atoms with Gasteiger partial charge in [-0.05, 0) is 49.1 Å². The average molecular weight is 360 g/mol. The third kappa shape index (κ3) is 3.86. The van der Waals surface area contributed by atoms with Crippen LogP contribution in [0.15, 0.2) is 66.9 Å². The van der Waals surface area contributed by atoms with Gasteiger partial charge in [0.1, 0.15) is 0 Å². The molecule has 3 aromatic rings. The molecule has 1 aliphatic heterocycles. The molecule has 0 spiro atoms. The molecule has 0 aliphatic carbocycles. The van der Waals surface area contributed by atoms with Gasteiger partial charge in [-0.25, -0.2) is 0 Å². The molecule has 27 heavy (non-hydrogen) atoms. The van der Waals surface area contributed by atoms with Crippen molar-refractivity contribution in [3.05, 3.63) is 78.0 Å². The van der Waals surface area contributed by atoms with Gasteiger partial charge in [0, 0.05) is 23.2 Å². The number of carbonyl (C=O) groups is 1. The lowest BCUT2D eigenvalue weighted by molar-refractivity contribution is -0.0626. The highest BCUT2D eigenvalue weighted by Crippen LogP contribution is 2.35. The molecule has 4 rings (SSSR count). The molecular formula is C23H24N2O2. The lowest BCUT2D eigenvalue weighted by Gasteiger charge is -2.36. The van der Waals surface area contributed by atoms with Crippen molar-refractivity contribution in [1.82, 2.24) is 10.3 Å². The van der Waals surface area contributed by atoms with E-state index in [0.29, 0.717) is 5.56 Å². The van der Waals surface area contributed by atoms with Crippen molar-refractivity contribution in [2.45, 2.75) is 44.4 Å². The van der Waals surface area contributed by atoms with E-state index in [4.69, 9.17) is 4.74 Å². The van der Waals surface area contributed by atoms with Gasteiger partial charge >= 0.3 is 0 Å². The van der Waals surface area contributed by atoms with Crippen LogP contribution in [0.1, 0.15) is 48.2 Å². The van der Waals surface area contributed by atoms with Crippen molar-refractivity contribution in [3.8, 4) is 0 Å². The maximum Gasteiger partial charge on any atom is 0.251 e. The van der Waals surface area contributed by atoms with Gasteiger partial charge in [0.25, 0.3) is 5.91 Å². The molecule has 1 aliphatic rings. The molecule has 0 radical (unpaired) electrons. The largest absolute Gasteiger partial charge is 0.370 e. The van der Waals surface area contributed by atoms with Gasteiger partial charge in [-0.15, -0.1) is 0 Å². The van der Waals surface area contributed by atoms with E-state index >= 15 is 0 Å². The predicted molar refractivity (Wildman–Crippen MR) is 107 cm³/mol. The van der Waals surface area contributed by atoms with Crippen molar-refractivity contribution in [1.29, 1.82) is 0 Å². The first kappa shape index (κ1) is 17.7. The molecule has 4 nitrogen and oxygen atoms in total. The van der Waals surface area contributed by atoms with Gasteiger partial charge < -0.3 is 10.1 Å². The van der Waals surface area contributed by atoms with E-state index in [2.05, 4.69) is 23.3 Å². The lowest BCUT2D eigenvalue weighted by atomic mass is 9.91. The summed E-state index contributed by atoms with van der Waals surface area (Å²) in [7, 11) is 0. The number of pyridine rings is 1. The van der Waals surface area contributed by atoms with Gasteiger partial charge in [-0.2, -0.15) is 0 Å². The van der Waals surface area contributed by atoms with Crippen LogP contribution in [0.25, 0.3) is 10.9 Å². The number of rotatable bonds is 4. The molecule has 0 bridgehead atoms. The number of benzene rings is 2. The Balaban J connectivity index is 1.58. The van der Waals surface area contributed by atoms with Crippen LogP contribution in [0.4, 0.5) is 0 Å². The Bertz CT molecular complexity index is 921. The number of para-hydroxylation sites is 1. The van der Waals surface area contributed by atoms with E-state index in [1.807, 2.05) is 60.8 Å². The molecular weight excluding hydrogens is 336 g/mol. The fourth-order valence-corrected chi connectivity index (χ4v) is 3.85. The van der Waals surface area contributed by atoms with Crippen molar-refractivity contribution < 1.29 is 9.53 Å². The maximum atomic E-state index is 12.6. The summed E-state index contributed by atoms with van der Waals surface area (Å²) < 4.78 is 6.37. The Labute approximate surface area is 159 Å². The van der Waals surface area contributed by atoms with Crippen LogP contribution in [0.5, 0.6) is 0 Å². The smallest absolute Gasteiger partial charge is 0.251 e. The van der Waals surface area contributed by atoms with E-state index in [1.165, 1.54) is 0 Å². The summed E-state index contributed by atoms with van der Waals surface area (Å²) in [6.07, 6.45) is 4.47. The van der Waals surface area contributed by atoms with Gasteiger partial charge in [-0.3, -0.25) is 9.78 Å². The Kier molecular flexibility index (Phi) is 5.16. The normalized spacial score (nSPS) is 22.5. The second kappa shape index (κ2) is 7.89. The van der Waals surface area contributed by atoms with E-state index < -0.39 is 0 Å². The second-order valence-corrected chi connectivity index (χ2v) is 7.08. The zero-order chi connectivity index (χ0) is 18.6. The van der Waals surface area contributed by atoms with Crippen LogP contribution in [0, 0.1) is 0 Å². The number of ether oxygens (including phenoxy) is 1. The number of aromatic nitrogens is 1. The van der Waals surface area contributed by atoms with Crippen molar-refractivity contribution in [2.24, 2.45) is 0 Å². The quantitative estimate of drug-likeness (QED) is 0.736. The summed E-state index contributed by atoms with van der Waals surface area (Å²) in [6, 6.07) is 19.7. The summed E-state index contributed by atoms with van der Waals surface area (Å²) in [4.78, 5) is 17.1. The highest BCUT2D eigenvalue weighted by atomic mass is 16.5. The van der Waals surface area contributed by atoms with Crippen molar-refractivity contribution in [2.75, 3.05) is 0 Å². The first-order chi connectivity index (χ1) is 13.2. The Hall–Kier alpha value is -2.72. The van der Waals surface area contributed by atoms with Crippen LogP contribution in [0.2, 0.25) is 0 Å². The molecule has 3 atom stereocenters. The van der Waals surface area contributed by atoms with E-state index in [0.717, 1.165) is 35.7 Å². The average Bonchev–Trinajstić information content (AvgIpc) is 2.73. The Morgan fingerprint density at radius 3 is 2.67 bits per heavy atom. The third-order valence-corrected chi connectivity index (χ3v) is 5.26. The van der Waals surface area contributed by atoms with Gasteiger partial charge in [0.2, 0.25) is 0 Å². The van der Waals surface area contributed by atoms with Crippen molar-refractivity contribution >= 4 is 16.8 Å². The fourth-order valence-electron chi connectivity index (χ4n) is 3.85. The highest BCUT2D eigenvalue weighted by molar-refractivity contribution is 5.94. The van der Waals surface area contributed by atoms with Gasteiger partial charge in [-0.1, -0.05) is 43.3 Å². The zero-order valence-corrected chi connectivity index (χ0v) is 15.5. The number of amides is 1. The molecule has 1 fully saturated rings. The number of carbonyl (C=O) groups excluding carboxylic acids is 1. The van der Waals surface area contributed by atoms with E-state index in [9.17, 15) is 4.79 Å². The third-order valence-electron chi connectivity index (χ3n) is 5.26. The number of hydrogen-bond donors (Lipinski definition) is 1. The summed E-state index contributed by atoms with van der Waals surface area (Å²) in [5, 5.41) is 4.33. The monoisotopic (exact) mass is 360 g/mol. The van der Waals surface area contributed by atoms with Gasteiger partial charge in [0.15, 0.2) is 0 Å². The Morgan fingerprint density at radius 1 is 1.07 bits per heavy atom. The predicted octanol–water partition coefficient (Wildman–Crippen LogP) is 4.66. The standard InChI is InChI=1S/C23H24N2O2/c1-2-18-14-17(25-23(26)16-8-4-3-5-9-16)15-22(27-18)20-12-13-24-21-11-7-6-10-19(20)21/h3-13,17-18,22H,2,14-15H2,1H3,(H,25,26)/t17-,18+,22+/m0/s1. The molecule has 2 heterocycles. The summed E-state index contributed by atoms with van der Waals surface area (Å²) in [5.41, 5.74) is 2.82. The minimum Gasteiger partial charge on any atom is -0.370 e. The molecule has 1 saturated heterocycles. The first-order valence-corrected chi connectivity index (χ1v) is 9.59. The number of fused-ring (bicyclic) bond motifs is 1. The molecule has 2 aromatic carbocycles. The van der Waals surface area contributed by atoms with Crippen molar-refractivity contribution in [3.63, 3.8) is 0 Å². The van der Waals surface area contributed by atoms with Crippen LogP contribution in [-0.2, 0) is 4.74 Å². The summed E-state index contributed by atoms with van der Waals surface area (Å²) >= 11 is 0. The number of nitrogens with zero attached hydrogens (tertiary/aromatic N) is 1. The number of hydrogen-bond acceptors (Lipinski definition) is 3. The molecule has 0 unspecified atom stereocenters. The number of nitrogens with one attached hydrogen (secondary N) is 1. The Morgan fingerprint density at radius 2 is 1.85 bits per heavy atom. The molecule has 138 valence electrons. The lowest BCUT2D eigenvalue weighted by Crippen LogP contribution is -2.43. The molecule has 0 saturated carbocycles. The van der Waals surface area contributed by atoms with Crippen LogP contribution >= 0.6 is 0 Å². The fraction of sp³-hybridized carbons (Fsp3) is 0.304. The second-order valence-electron chi connectivity index (χ2n) is 7.08. The van der Waals surface area contributed by atoms with Crippen LogP contribution < -0.4 is 5.32 Å². The van der Waals surface area contributed by atoms with Crippen LogP contribution in [-0.4, -0.2) is 23.0 Å². The molecule has 1 amide bonds. The van der Waals surface area contributed by atoms with E-state index in [-0.39, 0.29) is 24.2 Å². The minimum atomic E-state index is -0.0438. The summed E-state index contributed by atoms with van der Waals surface area (Å²) in [6.45, 7) is 2.13. The van der Waals surface area contributed by atoms with Crippen LogP contribution in [0.3, 0.4) is 0 Å². The zero-order valence-electron chi connectivity index (χ0n) is 15.5. The molecule has 1 aromatic heterocycles. The SMILES string of the molecule is CC[C@@H]1C[C@H](NC(=O)c2ccccc2)C[C@H](c2ccnc3ccccc23)O1. The topological polar surface area (TPSA) is 51.2 Å². The first-order valence-electron chi connectivity index (χ1n) is 9.59. The minimum absolute atomic E-state index is 0.0179.